The van der Waals surface area contributed by atoms with Gasteiger partial charge >= 0.3 is 5.97 Å². The molecule has 0 saturated carbocycles. The molecule has 27 heavy (non-hydrogen) atoms. The standard InChI is InChI=1S/C19H33NO5SSi/c1-10-24-18(22)15-16(26(7)23)11(2)14-13(17(21)20(14)15)12(3)25-27(8,9)19(4,5)6/h11-14H,10H2,1-9H3/t11-,12-,13-,14-,26?/m1/s1. The number of β-lactam (4-membered cyclic amide) rings is 1. The molecular formula is C19H33NO5SSi. The van der Waals surface area contributed by atoms with Crippen LogP contribution in [-0.4, -0.2) is 54.3 Å². The van der Waals surface area contributed by atoms with Crippen LogP contribution in [0.15, 0.2) is 10.6 Å². The molecule has 0 aliphatic carbocycles. The van der Waals surface area contributed by atoms with Crippen molar-refractivity contribution in [1.82, 2.24) is 4.90 Å². The minimum atomic E-state index is -2.03. The van der Waals surface area contributed by atoms with Crippen molar-refractivity contribution in [2.24, 2.45) is 11.8 Å². The lowest BCUT2D eigenvalue weighted by molar-refractivity contribution is -0.163. The van der Waals surface area contributed by atoms with Gasteiger partial charge in [0.15, 0.2) is 8.32 Å². The number of hydrogen-bond donors (Lipinski definition) is 0. The minimum absolute atomic E-state index is 0.0411. The third-order valence-corrected chi connectivity index (χ3v) is 11.9. The lowest BCUT2D eigenvalue weighted by atomic mass is 9.79. The number of hydrogen-bond acceptors (Lipinski definition) is 5. The van der Waals surface area contributed by atoms with Crippen molar-refractivity contribution in [3.63, 3.8) is 0 Å². The zero-order chi connectivity index (χ0) is 20.9. The van der Waals surface area contributed by atoms with E-state index in [0.29, 0.717) is 4.91 Å². The SMILES string of the molecule is CCOC(=O)C1=C(S(C)=O)[C@H](C)[C@@H]2[C@@H]([C@@H](C)O[Si](C)(C)C(C)(C)C)C(=O)N12. The van der Waals surface area contributed by atoms with Crippen molar-refractivity contribution in [3.05, 3.63) is 10.6 Å². The van der Waals surface area contributed by atoms with Gasteiger partial charge in [-0.15, -0.1) is 0 Å². The van der Waals surface area contributed by atoms with Crippen LogP contribution in [0, 0.1) is 11.8 Å². The second-order valence-corrected chi connectivity index (χ2v) is 15.1. The van der Waals surface area contributed by atoms with Gasteiger partial charge in [0.25, 0.3) is 0 Å². The summed E-state index contributed by atoms with van der Waals surface area (Å²) in [5.74, 6) is -1.20. The normalized spacial score (nSPS) is 28.0. The molecular weight excluding hydrogens is 382 g/mol. The monoisotopic (exact) mass is 415 g/mol. The number of carbonyl (C=O) groups is 2. The molecule has 2 aliphatic rings. The summed E-state index contributed by atoms with van der Waals surface area (Å²) in [5.41, 5.74) is 0.177. The topological polar surface area (TPSA) is 72.9 Å². The van der Waals surface area contributed by atoms with Gasteiger partial charge in [0.05, 0.1) is 29.6 Å². The molecule has 1 fully saturated rings. The third kappa shape index (κ3) is 3.68. The van der Waals surface area contributed by atoms with E-state index in [2.05, 4.69) is 33.9 Å². The first-order chi connectivity index (χ1) is 12.3. The van der Waals surface area contributed by atoms with E-state index in [0.717, 1.165) is 0 Å². The predicted octanol–water partition coefficient (Wildman–Crippen LogP) is 3.03. The van der Waals surface area contributed by atoms with Crippen LogP contribution in [0.2, 0.25) is 18.1 Å². The maximum absolute atomic E-state index is 13.0. The van der Waals surface area contributed by atoms with Crippen molar-refractivity contribution in [2.75, 3.05) is 12.9 Å². The number of rotatable bonds is 6. The molecule has 2 aliphatic heterocycles. The molecule has 0 spiro atoms. The van der Waals surface area contributed by atoms with Crippen LogP contribution in [0.4, 0.5) is 0 Å². The average Bonchev–Trinajstić information content (AvgIpc) is 2.75. The molecule has 1 amide bonds. The van der Waals surface area contributed by atoms with Crippen LogP contribution in [-0.2, 0) is 29.6 Å². The molecule has 2 rings (SSSR count). The Balaban J connectivity index is 2.31. The van der Waals surface area contributed by atoms with Crippen LogP contribution >= 0.6 is 0 Å². The Bertz CT molecular complexity index is 697. The highest BCUT2D eigenvalue weighted by atomic mass is 32.2. The molecule has 0 bridgehead atoms. The van der Waals surface area contributed by atoms with E-state index in [-0.39, 0.29) is 47.2 Å². The molecule has 1 saturated heterocycles. The lowest BCUT2D eigenvalue weighted by Crippen LogP contribution is -2.65. The predicted molar refractivity (Wildman–Crippen MR) is 109 cm³/mol. The highest BCUT2D eigenvalue weighted by Crippen LogP contribution is 2.49. The van der Waals surface area contributed by atoms with Crippen molar-refractivity contribution >= 4 is 31.0 Å². The van der Waals surface area contributed by atoms with Gasteiger partial charge in [-0.05, 0) is 32.0 Å². The number of amides is 1. The first-order valence-electron chi connectivity index (χ1n) is 9.51. The fourth-order valence-corrected chi connectivity index (χ4v) is 6.35. The van der Waals surface area contributed by atoms with Crippen molar-refractivity contribution in [2.45, 2.75) is 71.8 Å². The van der Waals surface area contributed by atoms with Crippen molar-refractivity contribution in [1.29, 1.82) is 0 Å². The third-order valence-electron chi connectivity index (χ3n) is 6.16. The van der Waals surface area contributed by atoms with E-state index >= 15 is 0 Å². The summed E-state index contributed by atoms with van der Waals surface area (Å²) in [5, 5.41) is 0.0411. The van der Waals surface area contributed by atoms with E-state index in [4.69, 9.17) is 9.16 Å². The summed E-state index contributed by atoms with van der Waals surface area (Å²) in [7, 11) is -3.39. The summed E-state index contributed by atoms with van der Waals surface area (Å²) < 4.78 is 23.9. The molecule has 5 atom stereocenters. The Kier molecular flexibility index (Phi) is 6.15. The van der Waals surface area contributed by atoms with E-state index in [1.165, 1.54) is 4.90 Å². The Hall–Kier alpha value is -0.993. The van der Waals surface area contributed by atoms with Crippen LogP contribution in [0.5, 0.6) is 0 Å². The van der Waals surface area contributed by atoms with Gasteiger partial charge in [0, 0.05) is 23.0 Å². The fraction of sp³-hybridized carbons (Fsp3) is 0.789. The first-order valence-corrected chi connectivity index (χ1v) is 14.0. The molecule has 2 heterocycles. The van der Waals surface area contributed by atoms with Crippen LogP contribution < -0.4 is 0 Å². The summed E-state index contributed by atoms with van der Waals surface area (Å²) >= 11 is 0. The number of esters is 1. The van der Waals surface area contributed by atoms with E-state index in [1.807, 2.05) is 13.8 Å². The maximum Gasteiger partial charge on any atom is 0.355 e. The molecule has 0 aromatic rings. The second-order valence-electron chi connectivity index (χ2n) is 8.98. The minimum Gasteiger partial charge on any atom is -0.461 e. The first kappa shape index (κ1) is 22.3. The fourth-order valence-electron chi connectivity index (χ4n) is 3.81. The molecule has 1 unspecified atom stereocenters. The number of fused-ring (bicyclic) bond motifs is 1. The summed E-state index contributed by atoms with van der Waals surface area (Å²) in [6, 6.07) is -0.199. The van der Waals surface area contributed by atoms with Crippen molar-refractivity contribution in [3.8, 4) is 0 Å². The van der Waals surface area contributed by atoms with Gasteiger partial charge in [-0.2, -0.15) is 0 Å². The molecule has 0 aromatic carbocycles. The smallest absolute Gasteiger partial charge is 0.355 e. The number of nitrogens with zero attached hydrogens (tertiary/aromatic N) is 1. The largest absolute Gasteiger partial charge is 0.461 e. The van der Waals surface area contributed by atoms with Crippen molar-refractivity contribution < 1.29 is 23.0 Å². The van der Waals surface area contributed by atoms with E-state index in [1.54, 1.807) is 13.2 Å². The van der Waals surface area contributed by atoms with Gasteiger partial charge in [0.1, 0.15) is 5.70 Å². The highest BCUT2D eigenvalue weighted by molar-refractivity contribution is 7.88. The Morgan fingerprint density at radius 1 is 1.33 bits per heavy atom. The Labute approximate surface area is 166 Å². The summed E-state index contributed by atoms with van der Waals surface area (Å²) in [6.07, 6.45) is 1.29. The molecule has 0 aromatic heterocycles. The van der Waals surface area contributed by atoms with Crippen LogP contribution in [0.3, 0.4) is 0 Å². The van der Waals surface area contributed by atoms with Gasteiger partial charge in [0.2, 0.25) is 5.91 Å². The van der Waals surface area contributed by atoms with Crippen LogP contribution in [0.25, 0.3) is 0 Å². The van der Waals surface area contributed by atoms with Gasteiger partial charge in [-0.25, -0.2) is 4.79 Å². The van der Waals surface area contributed by atoms with E-state index in [9.17, 15) is 13.8 Å². The number of ether oxygens (including phenoxy) is 1. The maximum atomic E-state index is 13.0. The quantitative estimate of drug-likeness (QED) is 0.379. The molecule has 6 nitrogen and oxygen atoms in total. The molecule has 0 N–H and O–H groups in total. The second kappa shape index (κ2) is 7.44. The molecule has 8 heteroatoms. The van der Waals surface area contributed by atoms with Gasteiger partial charge in [-0.1, -0.05) is 27.7 Å². The highest BCUT2D eigenvalue weighted by Gasteiger charge is 2.61. The molecule has 154 valence electrons. The van der Waals surface area contributed by atoms with Gasteiger partial charge < -0.3 is 14.1 Å². The zero-order valence-corrected chi connectivity index (χ0v) is 19.7. The molecule has 0 radical (unpaired) electrons. The lowest BCUT2D eigenvalue weighted by Gasteiger charge is -2.50. The van der Waals surface area contributed by atoms with Gasteiger partial charge in [-0.3, -0.25) is 9.00 Å². The summed E-state index contributed by atoms with van der Waals surface area (Å²) in [4.78, 5) is 27.4. The number of carbonyl (C=O) groups excluding carboxylic acids is 2. The van der Waals surface area contributed by atoms with E-state index < -0.39 is 25.1 Å². The van der Waals surface area contributed by atoms with Crippen LogP contribution in [0.1, 0.15) is 41.5 Å². The zero-order valence-electron chi connectivity index (χ0n) is 17.9. The average molecular weight is 416 g/mol. The summed E-state index contributed by atoms with van der Waals surface area (Å²) in [6.45, 7) is 16.6. The Morgan fingerprint density at radius 3 is 2.33 bits per heavy atom. The Morgan fingerprint density at radius 2 is 1.89 bits per heavy atom.